The summed E-state index contributed by atoms with van der Waals surface area (Å²) >= 11 is 0. The first-order valence-electron chi connectivity index (χ1n) is 45.0. The highest BCUT2D eigenvalue weighted by atomic mass is 31.2. The lowest BCUT2D eigenvalue weighted by Crippen LogP contribution is -2.30. The number of aliphatic hydroxyl groups excluding tert-OH is 1. The zero-order chi connectivity index (χ0) is 77.8. The fourth-order valence-corrected chi connectivity index (χ4v) is 15.1. The third kappa shape index (κ3) is 78.7. The largest absolute Gasteiger partial charge is 0.472 e. The Kier molecular flexibility index (Phi) is 76.9. The van der Waals surface area contributed by atoms with Gasteiger partial charge in [-0.1, -0.05) is 414 Å². The van der Waals surface area contributed by atoms with Gasteiger partial charge in [-0.15, -0.1) is 0 Å². The van der Waals surface area contributed by atoms with Crippen molar-refractivity contribution < 1.29 is 80.2 Å². The summed E-state index contributed by atoms with van der Waals surface area (Å²) in [6.45, 7) is 9.67. The van der Waals surface area contributed by atoms with Crippen LogP contribution in [0.2, 0.25) is 0 Å². The molecule has 0 radical (unpaired) electrons. The number of hydrogen-bond donors (Lipinski definition) is 3. The first-order valence-corrected chi connectivity index (χ1v) is 48.0. The highest BCUT2D eigenvalue weighted by Crippen LogP contribution is 2.45. The van der Waals surface area contributed by atoms with E-state index in [-0.39, 0.29) is 25.7 Å². The quantitative estimate of drug-likeness (QED) is 0.0222. The van der Waals surface area contributed by atoms with Crippen molar-refractivity contribution in [3.05, 3.63) is 0 Å². The SMILES string of the molecule is CCCCCCCCCCCCCCCCCCCCCCCCC(=O)O[C@H](COC(=O)CCCCCCCCCCCCCCCCCCCC)COP(=O)(O)OC[C@@H](O)COP(=O)(O)OC[C@@H](COC(=O)CCCCCCCCCCC(C)CC)OC(=O)CCCCCCCCCCCCCC(C)C. The summed E-state index contributed by atoms with van der Waals surface area (Å²) in [6, 6.07) is 0. The van der Waals surface area contributed by atoms with E-state index in [1.807, 2.05) is 0 Å². The molecular formula is C87H170O17P2. The van der Waals surface area contributed by atoms with Crippen molar-refractivity contribution in [2.24, 2.45) is 11.8 Å². The van der Waals surface area contributed by atoms with Crippen LogP contribution in [0.25, 0.3) is 0 Å². The van der Waals surface area contributed by atoms with Crippen LogP contribution >= 0.6 is 15.6 Å². The minimum absolute atomic E-state index is 0.106. The molecular weight excluding hydrogens is 1380 g/mol. The Hall–Kier alpha value is -1.94. The number of unbranched alkanes of at least 4 members (excludes halogenated alkanes) is 55. The number of esters is 4. The second kappa shape index (κ2) is 78.3. The van der Waals surface area contributed by atoms with Crippen LogP contribution in [-0.4, -0.2) is 96.7 Å². The summed E-state index contributed by atoms with van der Waals surface area (Å²) in [6.07, 6.45) is 70.9. The van der Waals surface area contributed by atoms with Gasteiger partial charge < -0.3 is 33.8 Å². The molecule has 0 aromatic heterocycles. The molecule has 3 unspecified atom stereocenters. The fourth-order valence-electron chi connectivity index (χ4n) is 13.6. The van der Waals surface area contributed by atoms with Crippen LogP contribution in [0, 0.1) is 11.8 Å². The zero-order valence-electron chi connectivity index (χ0n) is 69.7. The maximum Gasteiger partial charge on any atom is 0.472 e. The van der Waals surface area contributed by atoms with Crippen LogP contribution in [0.3, 0.4) is 0 Å². The molecule has 0 saturated heterocycles. The number of rotatable bonds is 86. The van der Waals surface area contributed by atoms with Crippen LogP contribution in [0.4, 0.5) is 0 Å². The van der Waals surface area contributed by atoms with Crippen molar-refractivity contribution in [3.63, 3.8) is 0 Å². The van der Waals surface area contributed by atoms with E-state index in [2.05, 4.69) is 41.5 Å². The van der Waals surface area contributed by atoms with E-state index >= 15 is 0 Å². The Morgan fingerprint density at radius 3 is 0.717 bits per heavy atom. The molecule has 0 bridgehead atoms. The molecule has 0 fully saturated rings. The van der Waals surface area contributed by atoms with Gasteiger partial charge in [-0.25, -0.2) is 9.13 Å². The molecule has 3 N–H and O–H groups in total. The summed E-state index contributed by atoms with van der Waals surface area (Å²) in [5, 5.41) is 10.7. The predicted octanol–water partition coefficient (Wildman–Crippen LogP) is 26.6. The lowest BCUT2D eigenvalue weighted by molar-refractivity contribution is -0.161. The number of hydrogen-bond acceptors (Lipinski definition) is 15. The average molecular weight is 1550 g/mol. The number of ether oxygens (including phenoxy) is 4. The van der Waals surface area contributed by atoms with Crippen LogP contribution in [-0.2, 0) is 65.4 Å². The molecule has 0 heterocycles. The van der Waals surface area contributed by atoms with E-state index in [9.17, 15) is 43.2 Å². The van der Waals surface area contributed by atoms with Gasteiger partial charge in [0.1, 0.15) is 19.3 Å². The molecule has 0 saturated carbocycles. The molecule has 17 nitrogen and oxygen atoms in total. The van der Waals surface area contributed by atoms with Crippen molar-refractivity contribution in [1.82, 2.24) is 0 Å². The van der Waals surface area contributed by atoms with Crippen molar-refractivity contribution in [3.8, 4) is 0 Å². The van der Waals surface area contributed by atoms with Gasteiger partial charge in [-0.3, -0.25) is 37.3 Å². The molecule has 0 aromatic rings. The van der Waals surface area contributed by atoms with E-state index in [1.165, 1.54) is 283 Å². The van der Waals surface area contributed by atoms with Gasteiger partial charge in [0.25, 0.3) is 0 Å². The highest BCUT2D eigenvalue weighted by Gasteiger charge is 2.30. The van der Waals surface area contributed by atoms with Gasteiger partial charge >= 0.3 is 39.5 Å². The molecule has 6 atom stereocenters. The Morgan fingerprint density at radius 1 is 0.274 bits per heavy atom. The average Bonchev–Trinajstić information content (AvgIpc) is 0.908. The molecule has 0 aliphatic heterocycles. The summed E-state index contributed by atoms with van der Waals surface area (Å²) in [7, 11) is -9.93. The van der Waals surface area contributed by atoms with E-state index < -0.39 is 97.5 Å². The standard InChI is InChI=1S/C87H170O17P2/c1-7-10-12-14-16-18-20-22-24-26-28-29-30-31-33-35-37-41-45-53-59-65-71-86(91)103-82(75-97-84(89)69-63-57-51-44-40-36-34-32-27-25-23-21-19-17-15-13-11-8-2)77-101-105(93,94)99-73-81(88)74-100-106(95,96)102-78-83(76-98-85(90)70-64-58-52-48-47-50-56-62-68-80(6)9-3)104-87(92)72-66-60-54-46-42-38-39-43-49-55-61-67-79(4)5/h79-83,88H,7-78H2,1-6H3,(H,93,94)(H,95,96)/t80?,81-,82-,83-/m1/s1. The van der Waals surface area contributed by atoms with Crippen molar-refractivity contribution in [2.45, 2.75) is 484 Å². The number of phosphoric ester groups is 2. The van der Waals surface area contributed by atoms with E-state index in [4.69, 9.17) is 37.0 Å². The number of aliphatic hydroxyl groups is 1. The van der Waals surface area contributed by atoms with Crippen molar-refractivity contribution in [2.75, 3.05) is 39.6 Å². The third-order valence-electron chi connectivity index (χ3n) is 20.8. The summed E-state index contributed by atoms with van der Waals surface area (Å²) < 4.78 is 68.9. The van der Waals surface area contributed by atoms with E-state index in [0.717, 1.165) is 102 Å². The summed E-state index contributed by atoms with van der Waals surface area (Å²) in [4.78, 5) is 73.3. The summed E-state index contributed by atoms with van der Waals surface area (Å²) in [5.74, 6) is -0.560. The van der Waals surface area contributed by atoms with Crippen molar-refractivity contribution in [1.29, 1.82) is 0 Å². The molecule has 106 heavy (non-hydrogen) atoms. The minimum Gasteiger partial charge on any atom is -0.462 e. The number of phosphoric acid groups is 2. The molecule has 0 aliphatic carbocycles. The normalized spacial score (nSPS) is 14.1. The molecule has 19 heteroatoms. The minimum atomic E-state index is -4.97. The fraction of sp³-hybridized carbons (Fsp3) is 0.954. The molecule has 0 aromatic carbocycles. The zero-order valence-corrected chi connectivity index (χ0v) is 71.5. The maximum absolute atomic E-state index is 13.2. The van der Waals surface area contributed by atoms with Gasteiger partial charge in [0.15, 0.2) is 12.2 Å². The lowest BCUT2D eigenvalue weighted by atomic mass is 9.99. The number of carbonyl (C=O) groups excluding carboxylic acids is 4. The Labute approximate surface area is 651 Å². The Balaban J connectivity index is 5.24. The molecule has 0 spiro atoms. The smallest absolute Gasteiger partial charge is 0.462 e. The number of carbonyl (C=O) groups is 4. The monoisotopic (exact) mass is 1550 g/mol. The van der Waals surface area contributed by atoms with Crippen molar-refractivity contribution >= 4 is 39.5 Å². The maximum atomic E-state index is 13.2. The van der Waals surface area contributed by atoms with Crippen LogP contribution < -0.4 is 0 Å². The topological polar surface area (TPSA) is 237 Å². The molecule has 0 amide bonds. The predicted molar refractivity (Wildman–Crippen MR) is 437 cm³/mol. The summed E-state index contributed by atoms with van der Waals surface area (Å²) in [5.41, 5.74) is 0. The van der Waals surface area contributed by atoms with Crippen LogP contribution in [0.5, 0.6) is 0 Å². The van der Waals surface area contributed by atoms with Crippen LogP contribution in [0.15, 0.2) is 0 Å². The molecule has 630 valence electrons. The molecule has 0 rings (SSSR count). The van der Waals surface area contributed by atoms with Gasteiger partial charge in [-0.05, 0) is 37.5 Å². The molecule has 0 aliphatic rings. The van der Waals surface area contributed by atoms with Gasteiger partial charge in [0, 0.05) is 25.7 Å². The first-order chi connectivity index (χ1) is 51.4. The first kappa shape index (κ1) is 104. The Bertz CT molecular complexity index is 2030. The Morgan fingerprint density at radius 2 is 0.481 bits per heavy atom. The lowest BCUT2D eigenvalue weighted by Gasteiger charge is -2.21. The van der Waals surface area contributed by atoms with E-state index in [0.29, 0.717) is 25.7 Å². The van der Waals surface area contributed by atoms with Gasteiger partial charge in [0.05, 0.1) is 26.4 Å². The second-order valence-corrected chi connectivity index (χ2v) is 34.9. The second-order valence-electron chi connectivity index (χ2n) is 32.0. The van der Waals surface area contributed by atoms with Gasteiger partial charge in [0.2, 0.25) is 0 Å². The van der Waals surface area contributed by atoms with Crippen LogP contribution in [0.1, 0.15) is 465 Å². The highest BCUT2D eigenvalue weighted by molar-refractivity contribution is 7.47. The third-order valence-corrected chi connectivity index (χ3v) is 22.7. The van der Waals surface area contributed by atoms with E-state index in [1.54, 1.807) is 0 Å². The van der Waals surface area contributed by atoms with Gasteiger partial charge in [-0.2, -0.15) is 0 Å².